The Balaban J connectivity index is 0.000000575. The number of ether oxygens (including phenoxy) is 3. The largest absolute Gasteiger partial charge is 0.507 e. The fourth-order valence-corrected chi connectivity index (χ4v) is 11.4. The van der Waals surface area contributed by atoms with E-state index >= 15 is 0 Å². The molecule has 0 saturated heterocycles. The molecule has 0 atom stereocenters. The fraction of sp³-hybridized carbons (Fsp3) is 0.716. The lowest BCUT2D eigenvalue weighted by atomic mass is 9.75. The minimum Gasteiger partial charge on any atom is -0.507 e. The Kier molecular flexibility index (Phi) is 32.2. The second kappa shape index (κ2) is 35.6. The molecular formula is C74H122O8S. The van der Waals surface area contributed by atoms with E-state index in [1.807, 2.05) is 12.1 Å². The summed E-state index contributed by atoms with van der Waals surface area (Å²) in [5, 5.41) is 21.8. The van der Waals surface area contributed by atoms with Crippen LogP contribution >= 0.6 is 11.8 Å². The first kappa shape index (κ1) is 75.1. The Hall–Kier alpha value is -3.98. The van der Waals surface area contributed by atoms with Crippen molar-refractivity contribution in [2.45, 2.75) is 312 Å². The standard InChI is InChI=1S/C39H60O5S.C35H62O3/c1-26-29(36(2,3)4)22-27(23-30(26)37(5,6)7)14-16-33(40)43-18-20-45-21-19-44-34(41)17-15-28-24-31(38(8,9)10)35(42)32(25-28)39(11,12)13;1-8-9-10-11-12-13-14-15-16-17-18-19-20-21-22-23-26-38-32(36)25-24-29-27-30(34(2,3)4)33(37)31(28-29)35(5,6)7/h22-25,42H,14-21H2,1-13H3;27-28,37H,8-26H2,1-7H3. The van der Waals surface area contributed by atoms with Crippen LogP contribution in [0, 0.1) is 6.92 Å². The fourth-order valence-electron chi connectivity index (χ4n) is 10.8. The highest BCUT2D eigenvalue weighted by Crippen LogP contribution is 2.42. The number of phenols is 2. The first-order valence-corrected chi connectivity index (χ1v) is 33.6. The SMILES string of the molecule is CCCCCCCCCCCCCCCCCCOC(=O)CCc1cc(C(C)(C)C)c(O)c(C(C)(C)C)c1.Cc1c(C(C)(C)C)cc(CCC(=O)OCCSCCOC(=O)CCc2cc(C(C)(C)C)c(O)c(C(C)(C)C)c2)cc1C(C)(C)C. The van der Waals surface area contributed by atoms with Crippen LogP contribution in [0.5, 0.6) is 11.5 Å². The molecule has 0 aliphatic carbocycles. The number of esters is 3. The molecule has 9 heteroatoms. The number of carbonyl (C=O) groups excluding carboxylic acids is 3. The molecule has 0 fully saturated rings. The summed E-state index contributed by atoms with van der Waals surface area (Å²) in [6, 6.07) is 12.7. The highest BCUT2D eigenvalue weighted by Gasteiger charge is 2.29. The smallest absolute Gasteiger partial charge is 0.306 e. The van der Waals surface area contributed by atoms with Crippen molar-refractivity contribution in [2.24, 2.45) is 0 Å². The highest BCUT2D eigenvalue weighted by molar-refractivity contribution is 7.99. The summed E-state index contributed by atoms with van der Waals surface area (Å²) in [5.41, 5.74) is 10.3. The predicted octanol–water partition coefficient (Wildman–Crippen LogP) is 20.0. The lowest BCUT2D eigenvalue weighted by molar-refractivity contribution is -0.144. The summed E-state index contributed by atoms with van der Waals surface area (Å²) < 4.78 is 16.5. The molecule has 472 valence electrons. The molecule has 0 aliphatic rings. The van der Waals surface area contributed by atoms with Crippen LogP contribution in [0.1, 0.15) is 309 Å². The van der Waals surface area contributed by atoms with Crippen LogP contribution < -0.4 is 0 Å². The number of thioether (sulfide) groups is 1. The van der Waals surface area contributed by atoms with Gasteiger partial charge in [-0.05, 0) is 121 Å². The number of hydrogen-bond donors (Lipinski definition) is 2. The number of phenolic OH excluding ortho intramolecular Hbond substituents is 2. The minimum atomic E-state index is -0.231. The molecule has 0 bridgehead atoms. The molecule has 8 nitrogen and oxygen atoms in total. The van der Waals surface area contributed by atoms with E-state index in [0.717, 1.165) is 46.2 Å². The molecule has 2 N–H and O–H groups in total. The maximum Gasteiger partial charge on any atom is 0.306 e. The van der Waals surface area contributed by atoms with Crippen molar-refractivity contribution in [1.29, 1.82) is 0 Å². The zero-order valence-electron chi connectivity index (χ0n) is 56.8. The van der Waals surface area contributed by atoms with Gasteiger partial charge in [0.25, 0.3) is 0 Å². The van der Waals surface area contributed by atoms with Gasteiger partial charge in [-0.15, -0.1) is 0 Å². The van der Waals surface area contributed by atoms with Crippen LogP contribution in [0.25, 0.3) is 0 Å². The summed E-state index contributed by atoms with van der Waals surface area (Å²) in [6.45, 7) is 44.3. The van der Waals surface area contributed by atoms with E-state index in [-0.39, 0.29) is 56.8 Å². The molecule has 0 amide bonds. The van der Waals surface area contributed by atoms with Crippen molar-refractivity contribution in [3.63, 3.8) is 0 Å². The van der Waals surface area contributed by atoms with Gasteiger partial charge >= 0.3 is 17.9 Å². The van der Waals surface area contributed by atoms with Crippen molar-refractivity contribution < 1.29 is 38.8 Å². The van der Waals surface area contributed by atoms with E-state index < -0.39 is 0 Å². The lowest BCUT2D eigenvalue weighted by Crippen LogP contribution is -2.20. The number of aryl methyl sites for hydroxylation is 3. The lowest BCUT2D eigenvalue weighted by Gasteiger charge is -2.30. The summed E-state index contributed by atoms with van der Waals surface area (Å²) in [6.07, 6.45) is 24.4. The number of hydrogen-bond acceptors (Lipinski definition) is 9. The molecule has 0 aliphatic heterocycles. The van der Waals surface area contributed by atoms with Gasteiger partial charge in [-0.1, -0.05) is 264 Å². The van der Waals surface area contributed by atoms with E-state index in [0.29, 0.717) is 74.9 Å². The average Bonchev–Trinajstić information content (AvgIpc) is 2.91. The van der Waals surface area contributed by atoms with Gasteiger partial charge in [0.2, 0.25) is 0 Å². The number of unbranched alkanes of at least 4 members (excludes halogenated alkanes) is 15. The Bertz CT molecular complexity index is 2200. The van der Waals surface area contributed by atoms with Crippen LogP contribution in [0.3, 0.4) is 0 Å². The van der Waals surface area contributed by atoms with Gasteiger partial charge in [0.15, 0.2) is 0 Å². The third-order valence-corrected chi connectivity index (χ3v) is 16.7. The predicted molar refractivity (Wildman–Crippen MR) is 354 cm³/mol. The van der Waals surface area contributed by atoms with Crippen LogP contribution in [-0.4, -0.2) is 59.4 Å². The average molecular weight is 1170 g/mol. The van der Waals surface area contributed by atoms with Crippen molar-refractivity contribution in [1.82, 2.24) is 0 Å². The number of carbonyl (C=O) groups is 3. The number of rotatable bonds is 32. The first-order chi connectivity index (χ1) is 38.5. The van der Waals surface area contributed by atoms with Gasteiger partial charge in [0.1, 0.15) is 24.7 Å². The summed E-state index contributed by atoms with van der Waals surface area (Å²) in [7, 11) is 0. The third kappa shape index (κ3) is 29.3. The Labute approximate surface area is 513 Å². The molecule has 0 spiro atoms. The monoisotopic (exact) mass is 1170 g/mol. The second-order valence-electron chi connectivity index (χ2n) is 30.0. The molecular weight excluding hydrogens is 1050 g/mol. The third-order valence-electron chi connectivity index (χ3n) is 15.8. The van der Waals surface area contributed by atoms with Gasteiger partial charge < -0.3 is 24.4 Å². The van der Waals surface area contributed by atoms with Crippen LogP contribution in [0.2, 0.25) is 0 Å². The van der Waals surface area contributed by atoms with Gasteiger partial charge in [-0.25, -0.2) is 0 Å². The number of aromatic hydroxyl groups is 2. The normalized spacial score (nSPS) is 12.5. The van der Waals surface area contributed by atoms with E-state index in [1.54, 1.807) is 11.8 Å². The van der Waals surface area contributed by atoms with Gasteiger partial charge in [0, 0.05) is 30.8 Å². The molecule has 3 aromatic rings. The maximum atomic E-state index is 12.5. The van der Waals surface area contributed by atoms with Crippen LogP contribution in [-0.2, 0) is 80.3 Å². The van der Waals surface area contributed by atoms with Crippen molar-refractivity contribution >= 4 is 29.7 Å². The molecule has 0 unspecified atom stereocenters. The molecule has 0 aromatic heterocycles. The van der Waals surface area contributed by atoms with Crippen LogP contribution in [0.4, 0.5) is 0 Å². The zero-order valence-corrected chi connectivity index (χ0v) is 57.6. The zero-order chi connectivity index (χ0) is 62.8. The highest BCUT2D eigenvalue weighted by atomic mass is 32.2. The van der Waals surface area contributed by atoms with Gasteiger partial charge in [0.05, 0.1) is 6.61 Å². The molecule has 0 heterocycles. The van der Waals surface area contributed by atoms with E-state index in [1.165, 1.54) is 112 Å². The van der Waals surface area contributed by atoms with E-state index in [4.69, 9.17) is 14.2 Å². The van der Waals surface area contributed by atoms with E-state index in [9.17, 15) is 24.6 Å². The Morgan fingerprint density at radius 3 is 0.843 bits per heavy atom. The second-order valence-corrected chi connectivity index (χ2v) is 31.2. The van der Waals surface area contributed by atoms with E-state index in [2.05, 4.69) is 163 Å². The Morgan fingerprint density at radius 1 is 0.361 bits per heavy atom. The molecule has 83 heavy (non-hydrogen) atoms. The first-order valence-electron chi connectivity index (χ1n) is 32.4. The Morgan fingerprint density at radius 2 is 0.590 bits per heavy atom. The molecule has 0 saturated carbocycles. The van der Waals surface area contributed by atoms with Crippen molar-refractivity contribution in [3.8, 4) is 11.5 Å². The van der Waals surface area contributed by atoms with Gasteiger partial charge in [-0.3, -0.25) is 14.4 Å². The summed E-state index contributed by atoms with van der Waals surface area (Å²) in [4.78, 5) is 37.2. The summed E-state index contributed by atoms with van der Waals surface area (Å²) >= 11 is 1.61. The molecule has 3 aromatic carbocycles. The summed E-state index contributed by atoms with van der Waals surface area (Å²) in [5.74, 6) is 1.52. The quantitative estimate of drug-likeness (QED) is 0.0358. The maximum absolute atomic E-state index is 12.5. The van der Waals surface area contributed by atoms with Crippen molar-refractivity contribution in [2.75, 3.05) is 31.3 Å². The molecule has 3 rings (SSSR count). The minimum absolute atomic E-state index is 0.0330. The topological polar surface area (TPSA) is 119 Å². The van der Waals surface area contributed by atoms with Crippen molar-refractivity contribution in [3.05, 3.63) is 92.0 Å². The molecule has 0 radical (unpaired) electrons. The number of benzene rings is 3. The van der Waals surface area contributed by atoms with Gasteiger partial charge in [-0.2, -0.15) is 11.8 Å². The van der Waals surface area contributed by atoms with Crippen LogP contribution in [0.15, 0.2) is 36.4 Å².